The zero-order valence-corrected chi connectivity index (χ0v) is 8.77. The van der Waals surface area contributed by atoms with Crippen molar-refractivity contribution in [1.82, 2.24) is 0 Å². The van der Waals surface area contributed by atoms with E-state index in [1.807, 2.05) is 6.07 Å². The van der Waals surface area contributed by atoms with Crippen molar-refractivity contribution < 1.29 is 4.39 Å². The standard InChI is InChI=1S/C12H11FS/c1-2-11-6-7-12(14-11)9-4-3-5-10(13)8-9/h3-8H,2H2,1H3. The maximum atomic E-state index is 12.9. The summed E-state index contributed by atoms with van der Waals surface area (Å²) in [5.41, 5.74) is 0.967. The predicted molar refractivity (Wildman–Crippen MR) is 59.1 cm³/mol. The molecule has 0 spiro atoms. The van der Waals surface area contributed by atoms with E-state index in [4.69, 9.17) is 0 Å². The molecule has 14 heavy (non-hydrogen) atoms. The molecule has 72 valence electrons. The summed E-state index contributed by atoms with van der Waals surface area (Å²) >= 11 is 1.73. The lowest BCUT2D eigenvalue weighted by molar-refractivity contribution is 0.628. The van der Waals surface area contributed by atoms with E-state index in [9.17, 15) is 4.39 Å². The molecule has 2 aromatic rings. The van der Waals surface area contributed by atoms with Gasteiger partial charge in [-0.2, -0.15) is 0 Å². The van der Waals surface area contributed by atoms with Crippen LogP contribution >= 0.6 is 11.3 Å². The Bertz CT molecular complexity index is 431. The van der Waals surface area contributed by atoms with E-state index in [0.717, 1.165) is 16.9 Å². The Kier molecular flexibility index (Phi) is 2.64. The van der Waals surface area contributed by atoms with Crippen molar-refractivity contribution in [3.63, 3.8) is 0 Å². The van der Waals surface area contributed by atoms with Crippen LogP contribution in [0.4, 0.5) is 4.39 Å². The summed E-state index contributed by atoms with van der Waals surface area (Å²) < 4.78 is 12.9. The van der Waals surface area contributed by atoms with Gasteiger partial charge in [0.1, 0.15) is 5.82 Å². The fourth-order valence-corrected chi connectivity index (χ4v) is 2.31. The van der Waals surface area contributed by atoms with Gasteiger partial charge in [-0.05, 0) is 36.2 Å². The molecule has 0 bridgehead atoms. The Morgan fingerprint density at radius 3 is 2.71 bits per heavy atom. The van der Waals surface area contributed by atoms with Crippen LogP contribution in [0, 0.1) is 5.82 Å². The highest BCUT2D eigenvalue weighted by Crippen LogP contribution is 2.28. The minimum atomic E-state index is -0.172. The van der Waals surface area contributed by atoms with Gasteiger partial charge in [0.2, 0.25) is 0 Å². The number of halogens is 1. The Balaban J connectivity index is 2.39. The van der Waals surface area contributed by atoms with Gasteiger partial charge < -0.3 is 0 Å². The van der Waals surface area contributed by atoms with Gasteiger partial charge in [0.15, 0.2) is 0 Å². The average molecular weight is 206 g/mol. The van der Waals surface area contributed by atoms with Crippen LogP contribution in [0.5, 0.6) is 0 Å². The molecule has 0 aliphatic rings. The number of thiophene rings is 1. The van der Waals surface area contributed by atoms with Crippen molar-refractivity contribution in [3.8, 4) is 10.4 Å². The van der Waals surface area contributed by atoms with Gasteiger partial charge in [0.25, 0.3) is 0 Å². The number of hydrogen-bond acceptors (Lipinski definition) is 1. The molecule has 1 aromatic heterocycles. The molecular weight excluding hydrogens is 195 g/mol. The van der Waals surface area contributed by atoms with Gasteiger partial charge in [-0.25, -0.2) is 4.39 Å². The van der Waals surface area contributed by atoms with E-state index in [2.05, 4.69) is 19.1 Å². The molecule has 2 heteroatoms. The fraction of sp³-hybridized carbons (Fsp3) is 0.167. The third-order valence-electron chi connectivity index (χ3n) is 2.12. The number of benzene rings is 1. The van der Waals surface area contributed by atoms with Gasteiger partial charge in [-0.1, -0.05) is 19.1 Å². The lowest BCUT2D eigenvalue weighted by Gasteiger charge is -1.96. The molecule has 0 amide bonds. The Morgan fingerprint density at radius 2 is 2.07 bits per heavy atom. The molecular formula is C12H11FS. The van der Waals surface area contributed by atoms with Crippen LogP contribution in [0.25, 0.3) is 10.4 Å². The second-order valence-electron chi connectivity index (χ2n) is 3.13. The van der Waals surface area contributed by atoms with Crippen LogP contribution < -0.4 is 0 Å². The van der Waals surface area contributed by atoms with E-state index < -0.39 is 0 Å². The zero-order valence-electron chi connectivity index (χ0n) is 7.96. The highest BCUT2D eigenvalue weighted by atomic mass is 32.1. The van der Waals surface area contributed by atoms with Crippen molar-refractivity contribution in [2.75, 3.05) is 0 Å². The summed E-state index contributed by atoms with van der Waals surface area (Å²) in [6, 6.07) is 10.9. The van der Waals surface area contributed by atoms with Gasteiger partial charge in [0, 0.05) is 9.75 Å². The maximum absolute atomic E-state index is 12.9. The third kappa shape index (κ3) is 1.85. The van der Waals surface area contributed by atoms with Gasteiger partial charge >= 0.3 is 0 Å². The van der Waals surface area contributed by atoms with Gasteiger partial charge in [-0.3, -0.25) is 0 Å². The number of hydrogen-bond donors (Lipinski definition) is 0. The van der Waals surface area contributed by atoms with Crippen LogP contribution in [0.3, 0.4) is 0 Å². The summed E-state index contributed by atoms with van der Waals surface area (Å²) in [5, 5.41) is 0. The molecule has 1 heterocycles. The molecule has 0 unspecified atom stereocenters. The highest BCUT2D eigenvalue weighted by Gasteiger charge is 2.02. The number of rotatable bonds is 2. The highest BCUT2D eigenvalue weighted by molar-refractivity contribution is 7.15. The number of aryl methyl sites for hydroxylation is 1. The molecule has 0 fully saturated rings. The molecule has 2 rings (SSSR count). The minimum absolute atomic E-state index is 0.172. The van der Waals surface area contributed by atoms with Crippen LogP contribution in [0.1, 0.15) is 11.8 Å². The van der Waals surface area contributed by atoms with Crippen molar-refractivity contribution in [3.05, 3.63) is 47.1 Å². The second kappa shape index (κ2) is 3.93. The summed E-state index contributed by atoms with van der Waals surface area (Å²) in [7, 11) is 0. The molecule has 0 aliphatic carbocycles. The smallest absolute Gasteiger partial charge is 0.123 e. The molecule has 0 aliphatic heterocycles. The molecule has 0 saturated heterocycles. The first kappa shape index (κ1) is 9.41. The largest absolute Gasteiger partial charge is 0.207 e. The second-order valence-corrected chi connectivity index (χ2v) is 4.30. The van der Waals surface area contributed by atoms with Gasteiger partial charge in [-0.15, -0.1) is 11.3 Å². The van der Waals surface area contributed by atoms with Crippen LogP contribution in [0.2, 0.25) is 0 Å². The first-order chi connectivity index (χ1) is 6.79. The summed E-state index contributed by atoms with van der Waals surface area (Å²) in [6.45, 7) is 2.13. The average Bonchev–Trinajstić information content (AvgIpc) is 2.66. The zero-order chi connectivity index (χ0) is 9.97. The van der Waals surface area contributed by atoms with Crippen LogP contribution in [-0.4, -0.2) is 0 Å². The first-order valence-electron chi connectivity index (χ1n) is 4.64. The molecule has 0 atom stereocenters. The summed E-state index contributed by atoms with van der Waals surface area (Å²) in [6.07, 6.45) is 1.04. The lowest BCUT2D eigenvalue weighted by atomic mass is 10.2. The monoisotopic (exact) mass is 206 g/mol. The fourth-order valence-electron chi connectivity index (χ4n) is 1.36. The quantitative estimate of drug-likeness (QED) is 0.693. The summed E-state index contributed by atoms with van der Waals surface area (Å²) in [5.74, 6) is -0.172. The lowest BCUT2D eigenvalue weighted by Crippen LogP contribution is -1.74. The Morgan fingerprint density at radius 1 is 1.21 bits per heavy atom. The van der Waals surface area contributed by atoms with Crippen LogP contribution in [-0.2, 0) is 6.42 Å². The van der Waals surface area contributed by atoms with Crippen molar-refractivity contribution in [1.29, 1.82) is 0 Å². The first-order valence-corrected chi connectivity index (χ1v) is 5.46. The molecule has 0 saturated carbocycles. The molecule has 0 N–H and O–H groups in total. The molecule has 0 nitrogen and oxygen atoms in total. The SMILES string of the molecule is CCc1ccc(-c2cccc(F)c2)s1. The molecule has 0 radical (unpaired) electrons. The van der Waals surface area contributed by atoms with E-state index in [-0.39, 0.29) is 5.82 Å². The van der Waals surface area contributed by atoms with Crippen molar-refractivity contribution in [2.45, 2.75) is 13.3 Å². The Hall–Kier alpha value is -1.15. The van der Waals surface area contributed by atoms with Crippen LogP contribution in [0.15, 0.2) is 36.4 Å². The van der Waals surface area contributed by atoms with E-state index >= 15 is 0 Å². The predicted octanol–water partition coefficient (Wildman–Crippen LogP) is 4.12. The maximum Gasteiger partial charge on any atom is 0.123 e. The van der Waals surface area contributed by atoms with E-state index in [1.54, 1.807) is 23.5 Å². The van der Waals surface area contributed by atoms with Crippen molar-refractivity contribution >= 4 is 11.3 Å². The topological polar surface area (TPSA) is 0 Å². The third-order valence-corrected chi connectivity index (χ3v) is 3.40. The Labute approximate surface area is 87.0 Å². The van der Waals surface area contributed by atoms with E-state index in [1.165, 1.54) is 10.9 Å². The van der Waals surface area contributed by atoms with Crippen molar-refractivity contribution in [2.24, 2.45) is 0 Å². The normalized spacial score (nSPS) is 10.4. The summed E-state index contributed by atoms with van der Waals surface area (Å²) in [4.78, 5) is 2.48. The van der Waals surface area contributed by atoms with Gasteiger partial charge in [0.05, 0.1) is 0 Å². The molecule has 1 aromatic carbocycles. The van der Waals surface area contributed by atoms with E-state index in [0.29, 0.717) is 0 Å². The minimum Gasteiger partial charge on any atom is -0.207 e.